The normalized spacial score (nSPS) is 14.7. The van der Waals surface area contributed by atoms with E-state index < -0.39 is 0 Å². The van der Waals surface area contributed by atoms with Gasteiger partial charge in [-0.3, -0.25) is 25.3 Å². The van der Waals surface area contributed by atoms with Crippen molar-refractivity contribution in [3.05, 3.63) is 65.2 Å². The van der Waals surface area contributed by atoms with Gasteiger partial charge in [-0.1, -0.05) is 35.9 Å². The Bertz CT molecular complexity index is 796. The molecule has 3 rings (SSSR count). The predicted octanol–water partition coefficient (Wildman–Crippen LogP) is 1.89. The lowest BCUT2D eigenvalue weighted by molar-refractivity contribution is -0.123. The highest BCUT2D eigenvalue weighted by Gasteiger charge is 2.20. The molecule has 0 spiro atoms. The van der Waals surface area contributed by atoms with Crippen LogP contribution in [0.5, 0.6) is 0 Å². The highest BCUT2D eigenvalue weighted by Crippen LogP contribution is 2.20. The van der Waals surface area contributed by atoms with E-state index in [1.165, 1.54) is 11.3 Å². The third-order valence-corrected chi connectivity index (χ3v) is 4.82. The van der Waals surface area contributed by atoms with Crippen LogP contribution in [0, 0.1) is 13.8 Å². The second kappa shape index (κ2) is 8.68. The standard InChI is InChI=1S/C21H26N4O2/c1-16-7-9-18(10-8-16)21(27)23-22-20(26)15-24-11-13-25(14-12-24)19-6-4-3-5-17(19)2/h3-10H,11-15H2,1-2H3,(H,22,26)(H,23,27). The maximum Gasteiger partial charge on any atom is 0.269 e. The van der Waals surface area contributed by atoms with Crippen LogP contribution in [0.3, 0.4) is 0 Å². The van der Waals surface area contributed by atoms with Crippen LogP contribution in [-0.2, 0) is 4.79 Å². The topological polar surface area (TPSA) is 64.7 Å². The zero-order chi connectivity index (χ0) is 19.2. The van der Waals surface area contributed by atoms with Crippen LogP contribution in [0.25, 0.3) is 0 Å². The Kier molecular flexibility index (Phi) is 6.08. The second-order valence-corrected chi connectivity index (χ2v) is 6.92. The molecule has 1 saturated heterocycles. The Morgan fingerprint density at radius 1 is 0.889 bits per heavy atom. The van der Waals surface area contributed by atoms with Crippen LogP contribution in [0.15, 0.2) is 48.5 Å². The molecule has 1 fully saturated rings. The summed E-state index contributed by atoms with van der Waals surface area (Å²) in [5, 5.41) is 0. The highest BCUT2D eigenvalue weighted by molar-refractivity contribution is 5.95. The van der Waals surface area contributed by atoms with Crippen molar-refractivity contribution in [2.24, 2.45) is 0 Å². The summed E-state index contributed by atoms with van der Waals surface area (Å²) >= 11 is 0. The smallest absolute Gasteiger partial charge is 0.269 e. The van der Waals surface area contributed by atoms with E-state index in [-0.39, 0.29) is 18.4 Å². The van der Waals surface area contributed by atoms with E-state index in [0.717, 1.165) is 31.7 Å². The van der Waals surface area contributed by atoms with Gasteiger partial charge in [-0.2, -0.15) is 0 Å². The molecule has 1 heterocycles. The van der Waals surface area contributed by atoms with Gasteiger partial charge in [0.05, 0.1) is 6.54 Å². The lowest BCUT2D eigenvalue weighted by Gasteiger charge is -2.36. The third-order valence-electron chi connectivity index (χ3n) is 4.82. The number of carbonyl (C=O) groups is 2. The monoisotopic (exact) mass is 366 g/mol. The number of hydrogen-bond donors (Lipinski definition) is 2. The quantitative estimate of drug-likeness (QED) is 0.811. The summed E-state index contributed by atoms with van der Waals surface area (Å²) in [6.45, 7) is 7.74. The van der Waals surface area contributed by atoms with E-state index in [4.69, 9.17) is 0 Å². The second-order valence-electron chi connectivity index (χ2n) is 6.92. The molecule has 27 heavy (non-hydrogen) atoms. The van der Waals surface area contributed by atoms with E-state index >= 15 is 0 Å². The summed E-state index contributed by atoms with van der Waals surface area (Å²) < 4.78 is 0. The molecular weight excluding hydrogens is 340 g/mol. The van der Waals surface area contributed by atoms with E-state index in [2.05, 4.69) is 45.8 Å². The molecule has 0 saturated carbocycles. The summed E-state index contributed by atoms with van der Waals surface area (Å²) in [5.41, 5.74) is 9.10. The van der Waals surface area contributed by atoms with Crippen LogP contribution in [0.1, 0.15) is 21.5 Å². The van der Waals surface area contributed by atoms with Crippen molar-refractivity contribution in [1.29, 1.82) is 0 Å². The first kappa shape index (κ1) is 18.9. The maximum absolute atomic E-state index is 12.1. The summed E-state index contributed by atoms with van der Waals surface area (Å²) in [6, 6.07) is 15.6. The molecule has 2 aromatic carbocycles. The minimum atomic E-state index is -0.312. The number of piperazine rings is 1. The largest absolute Gasteiger partial charge is 0.369 e. The first-order chi connectivity index (χ1) is 13.0. The van der Waals surface area contributed by atoms with Gasteiger partial charge in [-0.25, -0.2) is 0 Å². The number of aryl methyl sites for hydroxylation is 2. The molecule has 6 nitrogen and oxygen atoms in total. The number of carbonyl (C=O) groups excluding carboxylic acids is 2. The number of rotatable bonds is 4. The molecule has 0 bridgehead atoms. The SMILES string of the molecule is Cc1ccc(C(=O)NNC(=O)CN2CCN(c3ccccc3C)CC2)cc1. The van der Waals surface area contributed by atoms with Crippen molar-refractivity contribution in [2.75, 3.05) is 37.6 Å². The number of nitrogens with one attached hydrogen (secondary N) is 2. The van der Waals surface area contributed by atoms with E-state index in [0.29, 0.717) is 5.56 Å². The van der Waals surface area contributed by atoms with Gasteiger partial charge in [0, 0.05) is 37.4 Å². The molecule has 0 aliphatic carbocycles. The number of nitrogens with zero attached hydrogens (tertiary/aromatic N) is 2. The molecule has 142 valence electrons. The number of hydrazine groups is 1. The molecular formula is C21H26N4O2. The zero-order valence-electron chi connectivity index (χ0n) is 15.9. The van der Waals surface area contributed by atoms with Gasteiger partial charge in [0.25, 0.3) is 11.8 Å². The maximum atomic E-state index is 12.1. The molecule has 0 aromatic heterocycles. The average molecular weight is 366 g/mol. The third kappa shape index (κ3) is 5.08. The van der Waals surface area contributed by atoms with Crippen LogP contribution in [-0.4, -0.2) is 49.4 Å². The minimum Gasteiger partial charge on any atom is -0.369 e. The highest BCUT2D eigenvalue weighted by atomic mass is 16.2. The number of para-hydroxylation sites is 1. The van der Waals surface area contributed by atoms with E-state index in [1.807, 2.05) is 25.1 Å². The Hall–Kier alpha value is -2.86. The molecule has 2 amide bonds. The Morgan fingerprint density at radius 2 is 1.56 bits per heavy atom. The molecule has 0 unspecified atom stereocenters. The lowest BCUT2D eigenvalue weighted by Crippen LogP contribution is -2.52. The predicted molar refractivity (Wildman–Crippen MR) is 107 cm³/mol. The first-order valence-electron chi connectivity index (χ1n) is 9.22. The van der Waals surface area contributed by atoms with Crippen molar-refractivity contribution < 1.29 is 9.59 Å². The molecule has 1 aliphatic heterocycles. The van der Waals surface area contributed by atoms with E-state index in [9.17, 15) is 9.59 Å². The summed E-state index contributed by atoms with van der Waals surface area (Å²) in [4.78, 5) is 28.6. The van der Waals surface area contributed by atoms with Gasteiger partial charge in [-0.05, 0) is 37.6 Å². The number of anilines is 1. The van der Waals surface area contributed by atoms with Gasteiger partial charge in [0.15, 0.2) is 0 Å². The molecule has 0 radical (unpaired) electrons. The number of hydrogen-bond acceptors (Lipinski definition) is 4. The zero-order valence-corrected chi connectivity index (χ0v) is 15.9. The van der Waals surface area contributed by atoms with Gasteiger partial charge in [0.2, 0.25) is 0 Å². The Labute approximate surface area is 160 Å². The summed E-state index contributed by atoms with van der Waals surface area (Å²) in [5.74, 6) is -0.521. The molecule has 0 atom stereocenters. The van der Waals surface area contributed by atoms with Crippen molar-refractivity contribution in [1.82, 2.24) is 15.8 Å². The fourth-order valence-corrected chi connectivity index (χ4v) is 3.21. The fourth-order valence-electron chi connectivity index (χ4n) is 3.21. The van der Waals surface area contributed by atoms with Crippen LogP contribution < -0.4 is 15.8 Å². The molecule has 1 aliphatic rings. The van der Waals surface area contributed by atoms with Crippen molar-refractivity contribution in [3.8, 4) is 0 Å². The van der Waals surface area contributed by atoms with Gasteiger partial charge in [0.1, 0.15) is 0 Å². The van der Waals surface area contributed by atoms with Crippen molar-refractivity contribution in [3.63, 3.8) is 0 Å². The Morgan fingerprint density at radius 3 is 2.22 bits per heavy atom. The van der Waals surface area contributed by atoms with Gasteiger partial charge >= 0.3 is 0 Å². The van der Waals surface area contributed by atoms with Gasteiger partial charge in [-0.15, -0.1) is 0 Å². The summed E-state index contributed by atoms with van der Waals surface area (Å²) in [6.07, 6.45) is 0. The van der Waals surface area contributed by atoms with Crippen LogP contribution in [0.4, 0.5) is 5.69 Å². The van der Waals surface area contributed by atoms with Crippen molar-refractivity contribution in [2.45, 2.75) is 13.8 Å². The number of benzene rings is 2. The number of amides is 2. The molecule has 6 heteroatoms. The first-order valence-corrected chi connectivity index (χ1v) is 9.22. The van der Waals surface area contributed by atoms with Crippen molar-refractivity contribution >= 4 is 17.5 Å². The summed E-state index contributed by atoms with van der Waals surface area (Å²) in [7, 11) is 0. The molecule has 2 aromatic rings. The Balaban J connectivity index is 1.42. The lowest BCUT2D eigenvalue weighted by atomic mass is 10.1. The fraction of sp³-hybridized carbons (Fsp3) is 0.333. The van der Waals surface area contributed by atoms with Gasteiger partial charge < -0.3 is 4.90 Å². The van der Waals surface area contributed by atoms with Crippen LogP contribution >= 0.6 is 0 Å². The average Bonchev–Trinajstić information content (AvgIpc) is 2.68. The van der Waals surface area contributed by atoms with E-state index in [1.54, 1.807) is 12.1 Å². The molecule has 2 N–H and O–H groups in total. The van der Waals surface area contributed by atoms with Crippen LogP contribution in [0.2, 0.25) is 0 Å². The minimum absolute atomic E-state index is 0.209.